The monoisotopic (exact) mass is 1450 g/mol. The van der Waals surface area contributed by atoms with Gasteiger partial charge in [-0.3, -0.25) is 9.55 Å². The second-order valence-electron chi connectivity index (χ2n) is 27.1. The minimum atomic E-state index is 0.277. The molecule has 1 N–H and O–H groups in total. The van der Waals surface area contributed by atoms with E-state index in [-0.39, 0.29) is 5.28 Å². The molecule has 0 fully saturated rings. The van der Waals surface area contributed by atoms with E-state index in [9.17, 15) is 0 Å². The molecule has 0 unspecified atom stereocenters. The highest BCUT2D eigenvalue weighted by Crippen LogP contribution is 2.51. The van der Waals surface area contributed by atoms with Crippen molar-refractivity contribution in [1.82, 2.24) is 29.5 Å². The minimum absolute atomic E-state index is 0.277. The van der Waals surface area contributed by atoms with Gasteiger partial charge in [-0.05, 0) is 107 Å². The molecule has 1 aliphatic carbocycles. The fourth-order valence-electron chi connectivity index (χ4n) is 16.5. The lowest BCUT2D eigenvalue weighted by atomic mass is 9.97. The summed E-state index contributed by atoms with van der Waals surface area (Å²) in [5.74, 6) is 0.689. The lowest BCUT2D eigenvalue weighted by Gasteiger charge is -2.12. The Morgan fingerprint density at radius 3 is 1.31 bits per heavy atom. The second kappa shape index (κ2) is 24.8. The van der Waals surface area contributed by atoms with Gasteiger partial charge >= 0.3 is 0 Å². The molecule has 0 atom stereocenters. The van der Waals surface area contributed by atoms with Crippen molar-refractivity contribution in [2.45, 2.75) is 0 Å². The molecule has 8 heterocycles. The molecule has 23 aromatic rings. The molecule has 498 valence electrons. The van der Waals surface area contributed by atoms with E-state index >= 15 is 0 Å². The first-order valence-corrected chi connectivity index (χ1v) is 39.2. The summed E-state index contributed by atoms with van der Waals surface area (Å²) in [4.78, 5) is 23.8. The summed E-state index contributed by atoms with van der Waals surface area (Å²) in [6.45, 7) is 0. The van der Waals surface area contributed by atoms with Crippen molar-refractivity contribution in [3.8, 4) is 50.7 Å². The van der Waals surface area contributed by atoms with Crippen molar-refractivity contribution in [3.63, 3.8) is 0 Å². The summed E-state index contributed by atoms with van der Waals surface area (Å²) in [5.41, 5.74) is 16.6. The third-order valence-electron chi connectivity index (χ3n) is 21.2. The zero-order valence-corrected chi connectivity index (χ0v) is 60.9. The summed E-state index contributed by atoms with van der Waals surface area (Å²) in [7, 11) is 0. The van der Waals surface area contributed by atoms with Crippen molar-refractivity contribution >= 4 is 226 Å². The van der Waals surface area contributed by atoms with Crippen LogP contribution in [-0.2, 0) is 0 Å². The van der Waals surface area contributed by atoms with Gasteiger partial charge in [-0.2, -0.15) is 0 Å². The average Bonchev–Trinajstić information content (AvgIpc) is 1.53. The quantitative estimate of drug-likeness (QED) is 0.138. The maximum atomic E-state index is 6.31. The Morgan fingerprint density at radius 1 is 0.327 bits per heavy atom. The van der Waals surface area contributed by atoms with E-state index < -0.39 is 0 Å². The van der Waals surface area contributed by atoms with Gasteiger partial charge in [0.1, 0.15) is 17.7 Å². The Labute approximate surface area is 633 Å². The fourth-order valence-corrected chi connectivity index (χ4v) is 21.4. The number of para-hydroxylation sites is 1. The van der Waals surface area contributed by atoms with Crippen LogP contribution in [0.25, 0.3) is 220 Å². The fraction of sp³-hybridized carbons (Fsp3) is 0. The summed E-state index contributed by atoms with van der Waals surface area (Å²) in [5, 5.41) is 21.8. The standard InChI is InChI=1S/C48H27N3S2.C26H15ClN2S.C22H12NS/c1-2-14-31-28(12-1)13-11-20-32(31)29-24-26-30(27-25-29)43-47-44(37-19-7-10-23-40(37)53-47)50-48(49-43)51-38-21-8-5-17-35(38)41-33-15-3-4-16-34(33)42-36-18-6-9-22-39(36)52-46(42)45(41)51;27-26-28-23(25-24(29-26)21-9-3-4-11-22(21)30-25)18-14-12-17(13-15-18)20-10-5-7-16-6-1-2-8-19(16)20;1-2-8-14-13(7-1)19-15-9-3-5-11-17(15)23-21(19)22-20(14)16-10-4-6-12-18(16)24-22/h1-27H;1-15H;1-4,6-12,23H/q;;+1. The Morgan fingerprint density at radius 2 is 0.738 bits per heavy atom. The first-order valence-electron chi connectivity index (χ1n) is 35.6. The number of aromatic nitrogens is 6. The highest BCUT2D eigenvalue weighted by molar-refractivity contribution is 7.28. The molecule has 0 amide bonds. The van der Waals surface area contributed by atoms with Gasteiger partial charge in [0.05, 0.1) is 63.8 Å². The molecule has 107 heavy (non-hydrogen) atoms. The largest absolute Gasteiger partial charge is 0.299 e. The highest BCUT2D eigenvalue weighted by Gasteiger charge is 2.27. The molecule has 0 bridgehead atoms. The first kappa shape index (κ1) is 61.8. The molecule has 15 aromatic carbocycles. The summed E-state index contributed by atoms with van der Waals surface area (Å²) in [6.07, 6.45) is 9.40. The van der Waals surface area contributed by atoms with Gasteiger partial charge in [-0.1, -0.05) is 273 Å². The van der Waals surface area contributed by atoms with Crippen LogP contribution in [0.4, 0.5) is 0 Å². The minimum Gasteiger partial charge on any atom is -0.299 e. The van der Waals surface area contributed by atoms with Crippen LogP contribution in [0.1, 0.15) is 11.3 Å². The topological polar surface area (TPSA) is 72.3 Å². The predicted octanol–water partition coefficient (Wildman–Crippen LogP) is 28.5. The Kier molecular flexibility index (Phi) is 14.3. The van der Waals surface area contributed by atoms with Gasteiger partial charge in [-0.15, -0.1) is 45.3 Å². The van der Waals surface area contributed by atoms with E-state index in [2.05, 4.69) is 323 Å². The predicted molar refractivity (Wildman–Crippen MR) is 462 cm³/mol. The maximum Gasteiger partial charge on any atom is 0.235 e. The average molecular weight is 1460 g/mol. The smallest absolute Gasteiger partial charge is 0.235 e. The number of fused-ring (bicyclic) bond motifs is 28. The number of benzene rings is 15. The molecule has 11 heteroatoms. The van der Waals surface area contributed by atoms with Crippen molar-refractivity contribution < 1.29 is 0 Å². The van der Waals surface area contributed by atoms with Crippen molar-refractivity contribution in [2.24, 2.45) is 0 Å². The number of nitrogens with one attached hydrogen (secondary N) is 1. The molecule has 0 saturated carbocycles. The lowest BCUT2D eigenvalue weighted by molar-refractivity contribution is 1.02. The van der Waals surface area contributed by atoms with E-state index in [1.165, 1.54) is 142 Å². The molecule has 0 aliphatic heterocycles. The number of aromatic amines is 1. The number of thiophene rings is 4. The third kappa shape index (κ3) is 9.85. The highest BCUT2D eigenvalue weighted by atomic mass is 35.5. The van der Waals surface area contributed by atoms with E-state index in [1.807, 2.05) is 47.0 Å². The normalized spacial score (nSPS) is 12.2. The van der Waals surface area contributed by atoms with Crippen LogP contribution >= 0.6 is 56.9 Å². The van der Waals surface area contributed by atoms with Crippen LogP contribution in [0, 0.1) is 6.08 Å². The molecule has 0 spiro atoms. The van der Waals surface area contributed by atoms with Crippen LogP contribution in [0.15, 0.2) is 309 Å². The summed E-state index contributed by atoms with van der Waals surface area (Å²) >= 11 is 13.5. The van der Waals surface area contributed by atoms with Gasteiger partial charge in [0.15, 0.2) is 5.69 Å². The number of H-pyrrole nitrogens is 1. The van der Waals surface area contributed by atoms with Crippen LogP contribution in [0.2, 0.25) is 5.28 Å². The van der Waals surface area contributed by atoms with Gasteiger partial charge < -0.3 is 0 Å². The van der Waals surface area contributed by atoms with Crippen molar-refractivity contribution in [3.05, 3.63) is 332 Å². The Hall–Kier alpha value is -12.6. The second-order valence-corrected chi connectivity index (χ2v) is 31.6. The number of nitrogens with zero attached hydrogens (tertiary/aromatic N) is 5. The molecule has 0 saturated heterocycles. The Balaban J connectivity index is 0.000000111. The molecular formula is C96H54ClN6S4+. The van der Waals surface area contributed by atoms with Crippen LogP contribution in [-0.4, -0.2) is 29.5 Å². The van der Waals surface area contributed by atoms with E-state index in [4.69, 9.17) is 21.6 Å². The number of allylic oxidation sites excluding steroid dienone is 2. The summed E-state index contributed by atoms with van der Waals surface area (Å²) in [6, 6.07) is 108. The number of rotatable bonds is 5. The van der Waals surface area contributed by atoms with Gasteiger partial charge in [0.2, 0.25) is 11.2 Å². The van der Waals surface area contributed by atoms with E-state index in [1.54, 1.807) is 22.7 Å². The van der Waals surface area contributed by atoms with Gasteiger partial charge in [-0.25, -0.2) is 19.9 Å². The lowest BCUT2D eigenvalue weighted by Crippen LogP contribution is -2.03. The SMILES string of the molecule is Clc1nc(-c2ccc(-c3cccc4ccccc34)cc2)c2sc3ccccc3c2n1.[C+]1=Cc2[nH]c3c4sc5ccccc5c4c4ccccc4c3c2C=C1.c1ccc2c(-c3ccc(-c4nc(-n5c6ccccc6c6c7ccccc7c7c8ccccc8sc7c65)nc5c4sc4ccccc45)cc3)cccc2c1. The maximum absolute atomic E-state index is 6.31. The van der Waals surface area contributed by atoms with Crippen LogP contribution in [0.3, 0.4) is 0 Å². The van der Waals surface area contributed by atoms with Gasteiger partial charge in [0, 0.05) is 84.5 Å². The first-order chi connectivity index (χ1) is 53.0. The summed E-state index contributed by atoms with van der Waals surface area (Å²) < 4.78 is 12.1. The molecular weight excluding hydrogens is 1400 g/mol. The van der Waals surface area contributed by atoms with Crippen molar-refractivity contribution in [2.75, 3.05) is 0 Å². The molecule has 6 nitrogen and oxygen atoms in total. The molecule has 0 radical (unpaired) electrons. The third-order valence-corrected chi connectivity index (χ3v) is 26.1. The van der Waals surface area contributed by atoms with E-state index in [0.29, 0.717) is 5.95 Å². The molecule has 1 aliphatic rings. The van der Waals surface area contributed by atoms with E-state index in [0.717, 1.165) is 70.4 Å². The van der Waals surface area contributed by atoms with Gasteiger partial charge in [0.25, 0.3) is 0 Å². The zero-order chi connectivity index (χ0) is 70.4. The Bertz CT molecular complexity index is 7710. The zero-order valence-electron chi connectivity index (χ0n) is 56.8. The van der Waals surface area contributed by atoms with Crippen molar-refractivity contribution in [1.29, 1.82) is 0 Å². The number of hydrogen-bond acceptors (Lipinski definition) is 8. The number of halogens is 1. The molecule has 24 rings (SSSR count). The molecule has 8 aromatic heterocycles. The van der Waals surface area contributed by atoms with Crippen LogP contribution < -0.4 is 0 Å². The number of hydrogen-bond donors (Lipinski definition) is 1. The van der Waals surface area contributed by atoms with Crippen LogP contribution in [0.5, 0.6) is 0 Å².